The van der Waals surface area contributed by atoms with Gasteiger partial charge < -0.3 is 19.3 Å². The number of carbonyl (C=O) groups is 2. The summed E-state index contributed by atoms with van der Waals surface area (Å²) in [6.07, 6.45) is 3.92. The molecule has 0 unspecified atom stereocenters. The Hall–Kier alpha value is -3.09. The molecule has 0 bridgehead atoms. The number of rotatable bonds is 4. The van der Waals surface area contributed by atoms with Gasteiger partial charge in [-0.05, 0) is 30.7 Å². The molecule has 1 fully saturated rings. The summed E-state index contributed by atoms with van der Waals surface area (Å²) in [4.78, 5) is 33.2. The lowest BCUT2D eigenvalue weighted by molar-refractivity contribution is 0.0715. The van der Waals surface area contributed by atoms with Crippen molar-refractivity contribution in [2.24, 2.45) is 0 Å². The standard InChI is InChI=1S/C20H23N3O4/c1-26-16-5-3-6-17(27-2)18(16)20(25)23-12-4-11-22(13-14-23)19(24)15-7-9-21-10-8-15/h3,5-10H,4,11-14H2,1-2H3. The first kappa shape index (κ1) is 18.7. The van der Waals surface area contributed by atoms with Gasteiger partial charge in [0.05, 0.1) is 14.2 Å². The quantitative estimate of drug-likeness (QED) is 0.825. The number of aromatic nitrogens is 1. The topological polar surface area (TPSA) is 72.0 Å². The van der Waals surface area contributed by atoms with Crippen LogP contribution in [0.5, 0.6) is 11.5 Å². The SMILES string of the molecule is COc1cccc(OC)c1C(=O)N1CCCN(C(=O)c2ccncc2)CC1. The van der Waals surface area contributed by atoms with E-state index in [1.807, 2.05) is 0 Å². The van der Waals surface area contributed by atoms with E-state index in [4.69, 9.17) is 9.47 Å². The maximum absolute atomic E-state index is 13.1. The number of amides is 2. The molecule has 1 aliphatic rings. The summed E-state index contributed by atoms with van der Waals surface area (Å²) in [6.45, 7) is 2.11. The molecule has 1 aliphatic heterocycles. The molecule has 1 saturated heterocycles. The van der Waals surface area contributed by atoms with Crippen LogP contribution < -0.4 is 9.47 Å². The zero-order valence-electron chi connectivity index (χ0n) is 15.6. The highest BCUT2D eigenvalue weighted by atomic mass is 16.5. The van der Waals surface area contributed by atoms with E-state index in [-0.39, 0.29) is 11.8 Å². The molecular weight excluding hydrogens is 346 g/mol. The summed E-state index contributed by atoms with van der Waals surface area (Å²) in [5.41, 5.74) is 1.02. The minimum Gasteiger partial charge on any atom is -0.496 e. The van der Waals surface area contributed by atoms with E-state index in [1.165, 1.54) is 14.2 Å². The predicted molar refractivity (Wildman–Crippen MR) is 100 cm³/mol. The zero-order chi connectivity index (χ0) is 19.2. The number of ether oxygens (including phenoxy) is 2. The molecule has 1 aromatic heterocycles. The molecule has 0 atom stereocenters. The van der Waals surface area contributed by atoms with E-state index in [9.17, 15) is 9.59 Å². The van der Waals surface area contributed by atoms with Gasteiger partial charge in [0.25, 0.3) is 11.8 Å². The van der Waals surface area contributed by atoms with E-state index in [1.54, 1.807) is 52.5 Å². The summed E-state index contributed by atoms with van der Waals surface area (Å²) in [5.74, 6) is 0.769. The molecule has 0 saturated carbocycles. The molecule has 0 radical (unpaired) electrons. The fourth-order valence-corrected chi connectivity index (χ4v) is 3.22. The molecule has 0 aliphatic carbocycles. The first-order valence-corrected chi connectivity index (χ1v) is 8.85. The van der Waals surface area contributed by atoms with Gasteiger partial charge in [-0.15, -0.1) is 0 Å². The first-order valence-electron chi connectivity index (χ1n) is 8.85. The van der Waals surface area contributed by atoms with Crippen LogP contribution in [0.4, 0.5) is 0 Å². The maximum Gasteiger partial charge on any atom is 0.261 e. The van der Waals surface area contributed by atoms with Crippen LogP contribution in [0.25, 0.3) is 0 Å². The minimum atomic E-state index is -0.150. The van der Waals surface area contributed by atoms with Crippen molar-refractivity contribution in [3.05, 3.63) is 53.9 Å². The summed E-state index contributed by atoms with van der Waals surface area (Å²) in [5, 5.41) is 0. The van der Waals surface area contributed by atoms with Crippen LogP contribution in [0.1, 0.15) is 27.1 Å². The summed E-state index contributed by atoms with van der Waals surface area (Å²) < 4.78 is 10.7. The molecule has 2 amide bonds. The highest BCUT2D eigenvalue weighted by Gasteiger charge is 2.27. The van der Waals surface area contributed by atoms with Crippen molar-refractivity contribution in [3.63, 3.8) is 0 Å². The van der Waals surface area contributed by atoms with Gasteiger partial charge >= 0.3 is 0 Å². The highest BCUT2D eigenvalue weighted by Crippen LogP contribution is 2.29. The van der Waals surface area contributed by atoms with Crippen molar-refractivity contribution in [1.82, 2.24) is 14.8 Å². The van der Waals surface area contributed by atoms with Crippen molar-refractivity contribution in [3.8, 4) is 11.5 Å². The van der Waals surface area contributed by atoms with Gasteiger partial charge in [0, 0.05) is 44.1 Å². The van der Waals surface area contributed by atoms with Crippen LogP contribution in [0.2, 0.25) is 0 Å². The largest absolute Gasteiger partial charge is 0.496 e. The van der Waals surface area contributed by atoms with Gasteiger partial charge in [-0.25, -0.2) is 0 Å². The third-order valence-electron chi connectivity index (χ3n) is 4.64. The Morgan fingerprint density at radius 3 is 1.96 bits per heavy atom. The van der Waals surface area contributed by atoms with Gasteiger partial charge in [-0.2, -0.15) is 0 Å². The molecule has 142 valence electrons. The third-order valence-corrected chi connectivity index (χ3v) is 4.64. The number of carbonyl (C=O) groups excluding carboxylic acids is 2. The van der Waals surface area contributed by atoms with Crippen LogP contribution in [0.3, 0.4) is 0 Å². The lowest BCUT2D eigenvalue weighted by atomic mass is 10.1. The lowest BCUT2D eigenvalue weighted by Gasteiger charge is -2.23. The van der Waals surface area contributed by atoms with E-state index in [0.29, 0.717) is 55.2 Å². The van der Waals surface area contributed by atoms with E-state index in [2.05, 4.69) is 4.98 Å². The van der Waals surface area contributed by atoms with E-state index < -0.39 is 0 Å². The number of hydrogen-bond acceptors (Lipinski definition) is 5. The average Bonchev–Trinajstić information content (AvgIpc) is 2.99. The summed E-state index contributed by atoms with van der Waals surface area (Å²) >= 11 is 0. The van der Waals surface area contributed by atoms with Crippen molar-refractivity contribution in [1.29, 1.82) is 0 Å². The molecule has 0 spiro atoms. The smallest absolute Gasteiger partial charge is 0.261 e. The number of methoxy groups -OCH3 is 2. The molecule has 1 aromatic carbocycles. The van der Waals surface area contributed by atoms with Gasteiger partial charge in [0.15, 0.2) is 0 Å². The predicted octanol–water partition coefficient (Wildman–Crippen LogP) is 2.09. The van der Waals surface area contributed by atoms with Crippen molar-refractivity contribution >= 4 is 11.8 Å². The van der Waals surface area contributed by atoms with Gasteiger partial charge in [-0.1, -0.05) is 6.07 Å². The van der Waals surface area contributed by atoms with Crippen molar-refractivity contribution in [2.45, 2.75) is 6.42 Å². The molecule has 27 heavy (non-hydrogen) atoms. The number of benzene rings is 1. The summed E-state index contributed by atoms with van der Waals surface area (Å²) in [7, 11) is 3.06. The number of nitrogens with zero attached hydrogens (tertiary/aromatic N) is 3. The maximum atomic E-state index is 13.1. The molecule has 2 aromatic rings. The molecule has 7 heteroatoms. The first-order chi connectivity index (χ1) is 13.2. The Labute approximate surface area is 158 Å². The lowest BCUT2D eigenvalue weighted by Crippen LogP contribution is -2.37. The fourth-order valence-electron chi connectivity index (χ4n) is 3.22. The molecule has 0 N–H and O–H groups in total. The Balaban J connectivity index is 1.75. The van der Waals surface area contributed by atoms with Crippen LogP contribution >= 0.6 is 0 Å². The van der Waals surface area contributed by atoms with Crippen LogP contribution in [0, 0.1) is 0 Å². The second-order valence-electron chi connectivity index (χ2n) is 6.21. The monoisotopic (exact) mass is 369 g/mol. The molecule has 3 rings (SSSR count). The van der Waals surface area contributed by atoms with Gasteiger partial charge in [0.2, 0.25) is 0 Å². The normalized spacial score (nSPS) is 14.4. The Bertz CT molecular complexity index is 788. The van der Waals surface area contributed by atoms with Crippen LogP contribution in [-0.2, 0) is 0 Å². The van der Waals surface area contributed by atoms with E-state index >= 15 is 0 Å². The minimum absolute atomic E-state index is 0.0402. The Morgan fingerprint density at radius 2 is 1.41 bits per heavy atom. The van der Waals surface area contributed by atoms with E-state index in [0.717, 1.165) is 0 Å². The van der Waals surface area contributed by atoms with Crippen LogP contribution in [-0.4, -0.2) is 67.0 Å². The second-order valence-corrected chi connectivity index (χ2v) is 6.21. The van der Waals surface area contributed by atoms with Crippen molar-refractivity contribution in [2.75, 3.05) is 40.4 Å². The Kier molecular flexibility index (Phi) is 5.90. The molecule has 2 heterocycles. The highest BCUT2D eigenvalue weighted by molar-refractivity contribution is 6.00. The van der Waals surface area contributed by atoms with Crippen LogP contribution in [0.15, 0.2) is 42.7 Å². The number of hydrogen-bond donors (Lipinski definition) is 0. The van der Waals surface area contributed by atoms with Crippen molar-refractivity contribution < 1.29 is 19.1 Å². The second kappa shape index (κ2) is 8.53. The number of pyridine rings is 1. The van der Waals surface area contributed by atoms with Gasteiger partial charge in [-0.3, -0.25) is 14.6 Å². The fraction of sp³-hybridized carbons (Fsp3) is 0.350. The summed E-state index contributed by atoms with van der Waals surface area (Å²) in [6, 6.07) is 8.68. The van der Waals surface area contributed by atoms with Gasteiger partial charge in [0.1, 0.15) is 17.1 Å². The zero-order valence-corrected chi connectivity index (χ0v) is 15.6. The molecular formula is C20H23N3O4. The Morgan fingerprint density at radius 1 is 0.852 bits per heavy atom. The third kappa shape index (κ3) is 4.02. The molecule has 7 nitrogen and oxygen atoms in total. The average molecular weight is 369 g/mol.